The van der Waals surface area contributed by atoms with E-state index in [-0.39, 0.29) is 22.9 Å². The molecule has 1 aliphatic carbocycles. The first-order valence-corrected chi connectivity index (χ1v) is 10.3. The van der Waals surface area contributed by atoms with Gasteiger partial charge in [-0.15, -0.1) is 0 Å². The van der Waals surface area contributed by atoms with Crippen LogP contribution in [0, 0.1) is 5.41 Å². The Morgan fingerprint density at radius 2 is 2.18 bits per heavy atom. The predicted molar refractivity (Wildman–Crippen MR) is 103 cm³/mol. The average molecular weight is 382 g/mol. The quantitative estimate of drug-likeness (QED) is 0.793. The van der Waals surface area contributed by atoms with E-state index in [1.807, 2.05) is 6.07 Å². The highest BCUT2D eigenvalue weighted by Crippen LogP contribution is 2.67. The van der Waals surface area contributed by atoms with Crippen molar-refractivity contribution in [1.29, 1.82) is 0 Å². The van der Waals surface area contributed by atoms with E-state index in [9.17, 15) is 4.79 Å². The molecule has 4 aliphatic heterocycles. The number of rotatable bonds is 2. The molecular weight excluding hydrogens is 356 g/mol. The van der Waals surface area contributed by atoms with Gasteiger partial charge in [0.1, 0.15) is 5.75 Å². The predicted octanol–water partition coefficient (Wildman–Crippen LogP) is 2.44. The first-order chi connectivity index (χ1) is 13.6. The number of ether oxygens (including phenoxy) is 3. The number of nitrogens with one attached hydrogen (secondary N) is 1. The molecule has 0 saturated carbocycles. The van der Waals surface area contributed by atoms with Gasteiger partial charge in [0.15, 0.2) is 0 Å². The summed E-state index contributed by atoms with van der Waals surface area (Å²) in [6.45, 7) is 2.92. The molecular formula is C22H26N2O4. The lowest BCUT2D eigenvalue weighted by atomic mass is 9.53. The molecule has 28 heavy (non-hydrogen) atoms. The Morgan fingerprint density at radius 3 is 3.00 bits per heavy atom. The van der Waals surface area contributed by atoms with Crippen molar-refractivity contribution in [3.8, 4) is 5.75 Å². The Balaban J connectivity index is 1.63. The lowest BCUT2D eigenvalue weighted by molar-refractivity contribution is -0.138. The fourth-order valence-corrected chi connectivity index (χ4v) is 7.10. The number of carbonyl (C=O) groups is 1. The smallest absolute Gasteiger partial charge is 0.335 e. The molecule has 0 unspecified atom stereocenters. The van der Waals surface area contributed by atoms with Crippen molar-refractivity contribution >= 4 is 11.7 Å². The van der Waals surface area contributed by atoms with E-state index in [0.717, 1.165) is 68.1 Å². The van der Waals surface area contributed by atoms with Crippen LogP contribution in [0.5, 0.6) is 5.75 Å². The number of piperidine rings is 1. The highest BCUT2D eigenvalue weighted by Gasteiger charge is 2.70. The Hall–Kier alpha value is -2.05. The minimum Gasteiger partial charge on any atom is -0.497 e. The van der Waals surface area contributed by atoms with Crippen LogP contribution < -0.4 is 10.1 Å². The van der Waals surface area contributed by atoms with E-state index in [1.165, 1.54) is 12.7 Å². The summed E-state index contributed by atoms with van der Waals surface area (Å²) < 4.78 is 16.9. The van der Waals surface area contributed by atoms with Crippen LogP contribution in [0.3, 0.4) is 0 Å². The topological polar surface area (TPSA) is 60.0 Å². The van der Waals surface area contributed by atoms with Gasteiger partial charge >= 0.3 is 5.97 Å². The van der Waals surface area contributed by atoms with Gasteiger partial charge in [-0.3, -0.25) is 4.90 Å². The zero-order chi connectivity index (χ0) is 19.1. The number of nitrogens with zero attached hydrogens (tertiary/aromatic N) is 1. The van der Waals surface area contributed by atoms with Crippen LogP contribution in [0.25, 0.3) is 0 Å². The second-order valence-corrected chi connectivity index (χ2v) is 8.85. The summed E-state index contributed by atoms with van der Waals surface area (Å²) in [5.41, 5.74) is 4.04. The highest BCUT2D eigenvalue weighted by molar-refractivity contribution is 5.93. The standard InChI is InChI=1S/C22H26N2O4/c1-26-13-3-4-15-16(11-13)23-18-14(19(25)27-2)12-21-7-10-28-17(21)5-8-24-9-6-22(15,18)20(21)24/h3-4,11,17,20,23H,5-10,12H2,1-2H3/t17-,20-,21+,22-/m0/s1. The summed E-state index contributed by atoms with van der Waals surface area (Å²) >= 11 is 0. The van der Waals surface area contributed by atoms with E-state index in [2.05, 4.69) is 22.3 Å². The second kappa shape index (κ2) is 5.51. The van der Waals surface area contributed by atoms with E-state index in [1.54, 1.807) is 7.11 Å². The maximum absolute atomic E-state index is 12.9. The number of methoxy groups -OCH3 is 2. The summed E-state index contributed by atoms with van der Waals surface area (Å²) in [6, 6.07) is 6.67. The van der Waals surface area contributed by atoms with Crippen molar-refractivity contribution in [2.24, 2.45) is 5.41 Å². The fraction of sp³-hybridized carbons (Fsp3) is 0.591. The van der Waals surface area contributed by atoms with Crippen LogP contribution >= 0.6 is 0 Å². The van der Waals surface area contributed by atoms with Crippen molar-refractivity contribution in [3.05, 3.63) is 35.0 Å². The summed E-state index contributed by atoms with van der Waals surface area (Å²) in [6.07, 6.45) is 4.06. The first kappa shape index (κ1) is 16.9. The first-order valence-electron chi connectivity index (χ1n) is 10.3. The third kappa shape index (κ3) is 1.79. The van der Waals surface area contributed by atoms with Gasteiger partial charge in [0.05, 0.1) is 31.3 Å². The molecule has 6 nitrogen and oxygen atoms in total. The highest BCUT2D eigenvalue weighted by atomic mass is 16.5. The Morgan fingerprint density at radius 1 is 1.29 bits per heavy atom. The van der Waals surface area contributed by atoms with Crippen molar-refractivity contribution in [3.63, 3.8) is 0 Å². The number of anilines is 1. The van der Waals surface area contributed by atoms with Gasteiger partial charge in [0.25, 0.3) is 0 Å². The second-order valence-electron chi connectivity index (χ2n) is 8.85. The molecule has 0 bridgehead atoms. The zero-order valence-electron chi connectivity index (χ0n) is 16.4. The third-order valence-corrected chi connectivity index (χ3v) is 8.03. The molecule has 1 N–H and O–H groups in total. The molecule has 2 spiro atoms. The molecule has 1 aromatic carbocycles. The number of carbonyl (C=O) groups excluding carboxylic acids is 1. The Bertz CT molecular complexity index is 912. The molecule has 0 radical (unpaired) electrons. The van der Waals surface area contributed by atoms with E-state index in [0.29, 0.717) is 6.04 Å². The minimum atomic E-state index is -0.204. The van der Waals surface area contributed by atoms with Crippen LogP contribution in [0.4, 0.5) is 5.69 Å². The van der Waals surface area contributed by atoms with Gasteiger partial charge in [-0.1, -0.05) is 6.07 Å². The van der Waals surface area contributed by atoms with Crippen molar-refractivity contribution < 1.29 is 19.0 Å². The molecule has 1 aromatic rings. The molecule has 3 saturated heterocycles. The lowest BCUT2D eigenvalue weighted by Crippen LogP contribution is -2.63. The van der Waals surface area contributed by atoms with Gasteiger partial charge in [-0.2, -0.15) is 0 Å². The van der Waals surface area contributed by atoms with Gasteiger partial charge in [-0.05, 0) is 43.9 Å². The molecule has 6 rings (SSSR count). The maximum Gasteiger partial charge on any atom is 0.335 e. The normalized spacial score (nSPS) is 37.6. The minimum absolute atomic E-state index is 0.00894. The SMILES string of the molecule is COC(=O)C1=C2Nc3cc(OC)ccc3[C@@]23CCN2CC[C@@H]4OCC[C@]4(C1)[C@H]23. The molecule has 148 valence electrons. The molecule has 6 heteroatoms. The van der Waals surface area contributed by atoms with Crippen molar-refractivity contribution in [1.82, 2.24) is 4.90 Å². The van der Waals surface area contributed by atoms with Gasteiger partial charge < -0.3 is 19.5 Å². The van der Waals surface area contributed by atoms with Gasteiger partial charge in [0, 0.05) is 42.1 Å². The molecule has 5 aliphatic rings. The monoisotopic (exact) mass is 382 g/mol. The lowest BCUT2D eigenvalue weighted by Gasteiger charge is -2.56. The van der Waals surface area contributed by atoms with Crippen molar-refractivity contribution in [2.45, 2.75) is 43.2 Å². The molecule has 0 amide bonds. The number of esters is 1. The van der Waals surface area contributed by atoms with Crippen LogP contribution in [-0.2, 0) is 19.7 Å². The Kier molecular flexibility index (Phi) is 3.32. The summed E-state index contributed by atoms with van der Waals surface area (Å²) in [5.74, 6) is 0.626. The van der Waals surface area contributed by atoms with E-state index < -0.39 is 0 Å². The molecule has 4 heterocycles. The summed E-state index contributed by atoms with van der Waals surface area (Å²) in [4.78, 5) is 15.6. The average Bonchev–Trinajstić information content (AvgIpc) is 3.40. The summed E-state index contributed by atoms with van der Waals surface area (Å²) in [7, 11) is 3.18. The largest absolute Gasteiger partial charge is 0.497 e. The van der Waals surface area contributed by atoms with E-state index in [4.69, 9.17) is 14.2 Å². The van der Waals surface area contributed by atoms with Crippen LogP contribution in [-0.4, -0.2) is 56.9 Å². The van der Waals surface area contributed by atoms with Gasteiger partial charge in [-0.25, -0.2) is 4.79 Å². The number of fused-ring (bicyclic) bond motifs is 1. The molecule has 4 atom stereocenters. The van der Waals surface area contributed by atoms with Crippen molar-refractivity contribution in [2.75, 3.05) is 39.2 Å². The van der Waals surface area contributed by atoms with Crippen LogP contribution in [0.15, 0.2) is 29.5 Å². The number of benzene rings is 1. The van der Waals surface area contributed by atoms with Crippen LogP contribution in [0.2, 0.25) is 0 Å². The zero-order valence-corrected chi connectivity index (χ0v) is 16.4. The fourth-order valence-electron chi connectivity index (χ4n) is 7.10. The molecule has 0 aromatic heterocycles. The number of hydrogen-bond acceptors (Lipinski definition) is 6. The summed E-state index contributed by atoms with van der Waals surface area (Å²) in [5, 5.41) is 3.64. The third-order valence-electron chi connectivity index (χ3n) is 8.03. The van der Waals surface area contributed by atoms with Gasteiger partial charge in [0.2, 0.25) is 0 Å². The molecule has 3 fully saturated rings. The van der Waals surface area contributed by atoms with E-state index >= 15 is 0 Å². The van der Waals surface area contributed by atoms with Crippen LogP contribution in [0.1, 0.15) is 31.2 Å². The Labute approximate surface area is 164 Å². The maximum atomic E-state index is 12.9. The number of hydrogen-bond donors (Lipinski definition) is 1.